The lowest BCUT2D eigenvalue weighted by molar-refractivity contribution is -0.145. The topological polar surface area (TPSA) is 72.6 Å². The molecule has 1 unspecified atom stereocenters. The molecule has 1 aliphatic rings. The molecule has 108 valence electrons. The lowest BCUT2D eigenvalue weighted by Crippen LogP contribution is -2.41. The third-order valence-corrected chi connectivity index (χ3v) is 3.83. The zero-order chi connectivity index (χ0) is 14.9. The van der Waals surface area contributed by atoms with Gasteiger partial charge in [-0.1, -0.05) is 6.07 Å². The van der Waals surface area contributed by atoms with E-state index >= 15 is 0 Å². The molecule has 1 atom stereocenters. The minimum absolute atomic E-state index is 0.151. The van der Waals surface area contributed by atoms with E-state index in [9.17, 15) is 9.59 Å². The first-order valence-electron chi connectivity index (χ1n) is 6.71. The molecule has 0 radical (unpaired) electrons. The number of hydrogen-bond acceptors (Lipinski definition) is 4. The summed E-state index contributed by atoms with van der Waals surface area (Å²) in [6, 6.07) is 3.11. The molecule has 5 nitrogen and oxygen atoms in total. The number of hydrogen-bond donors (Lipinski definition) is 1. The monoisotopic (exact) mass is 276 g/mol. The molecule has 0 spiro atoms. The first kappa shape index (κ1) is 14.4. The second-order valence-corrected chi connectivity index (χ2v) is 5.20. The number of carbonyl (C=O) groups is 2. The molecular formula is C15H20N2O3. The molecule has 20 heavy (non-hydrogen) atoms. The van der Waals surface area contributed by atoms with Crippen molar-refractivity contribution in [1.82, 2.24) is 4.90 Å². The number of carbonyl (C=O) groups excluding carboxylic acids is 2. The maximum absolute atomic E-state index is 12.6. The highest BCUT2D eigenvalue weighted by Crippen LogP contribution is 2.24. The van der Waals surface area contributed by atoms with Crippen LogP contribution in [0.15, 0.2) is 12.1 Å². The molecule has 1 aromatic carbocycles. The number of likely N-dealkylation sites (tertiary alicyclic amines) is 1. The highest BCUT2D eigenvalue weighted by molar-refractivity contribution is 5.99. The standard InChI is InChI=1S/C15H20N2O3/c1-9-7-10(2)12(16)8-11(9)14(18)17-6-4-5-13(17)15(19)20-3/h7-8,13H,4-6,16H2,1-3H3. The molecule has 0 aromatic heterocycles. The van der Waals surface area contributed by atoms with E-state index in [0.717, 1.165) is 17.5 Å². The van der Waals surface area contributed by atoms with Crippen LogP contribution in [0.3, 0.4) is 0 Å². The maximum Gasteiger partial charge on any atom is 0.328 e. The van der Waals surface area contributed by atoms with Gasteiger partial charge in [-0.05, 0) is 43.9 Å². The van der Waals surface area contributed by atoms with Crippen LogP contribution in [0, 0.1) is 13.8 Å². The Bertz CT molecular complexity index is 554. The van der Waals surface area contributed by atoms with Gasteiger partial charge in [0.05, 0.1) is 7.11 Å². The van der Waals surface area contributed by atoms with Gasteiger partial charge in [0.25, 0.3) is 5.91 Å². The first-order chi connectivity index (χ1) is 9.45. The van der Waals surface area contributed by atoms with Crippen LogP contribution in [0.5, 0.6) is 0 Å². The predicted octanol–water partition coefficient (Wildman–Crippen LogP) is 1.66. The Morgan fingerprint density at radius 2 is 2.00 bits per heavy atom. The number of benzene rings is 1. The molecule has 5 heteroatoms. The molecule has 2 N–H and O–H groups in total. The van der Waals surface area contributed by atoms with Gasteiger partial charge < -0.3 is 15.4 Å². The van der Waals surface area contributed by atoms with Gasteiger partial charge in [0.15, 0.2) is 0 Å². The van der Waals surface area contributed by atoms with Crippen molar-refractivity contribution >= 4 is 17.6 Å². The van der Waals surface area contributed by atoms with Crippen LogP contribution >= 0.6 is 0 Å². The number of amides is 1. The molecule has 1 aromatic rings. The normalized spacial score (nSPS) is 18.1. The van der Waals surface area contributed by atoms with Crippen LogP contribution in [0.2, 0.25) is 0 Å². The fourth-order valence-electron chi connectivity index (χ4n) is 2.65. The molecule has 1 aliphatic heterocycles. The van der Waals surface area contributed by atoms with E-state index in [0.29, 0.717) is 24.2 Å². The summed E-state index contributed by atoms with van der Waals surface area (Å²) in [5.41, 5.74) is 8.86. The van der Waals surface area contributed by atoms with Crippen LogP contribution in [-0.4, -0.2) is 36.5 Å². The predicted molar refractivity (Wildman–Crippen MR) is 76.4 cm³/mol. The van der Waals surface area contributed by atoms with Crippen molar-refractivity contribution in [3.8, 4) is 0 Å². The number of nitrogen functional groups attached to an aromatic ring is 1. The average Bonchev–Trinajstić information content (AvgIpc) is 2.90. The molecule has 1 saturated heterocycles. The zero-order valence-electron chi connectivity index (χ0n) is 12.1. The lowest BCUT2D eigenvalue weighted by Gasteiger charge is -2.23. The van der Waals surface area contributed by atoms with E-state index in [1.165, 1.54) is 7.11 Å². The van der Waals surface area contributed by atoms with Gasteiger partial charge in [0.2, 0.25) is 0 Å². The maximum atomic E-state index is 12.6. The largest absolute Gasteiger partial charge is 0.467 e. The van der Waals surface area contributed by atoms with E-state index in [2.05, 4.69) is 0 Å². The summed E-state index contributed by atoms with van der Waals surface area (Å²) >= 11 is 0. The average molecular weight is 276 g/mol. The highest BCUT2D eigenvalue weighted by atomic mass is 16.5. The van der Waals surface area contributed by atoms with Crippen LogP contribution in [0.25, 0.3) is 0 Å². The Balaban J connectivity index is 2.31. The van der Waals surface area contributed by atoms with E-state index < -0.39 is 6.04 Å². The molecule has 1 fully saturated rings. The van der Waals surface area contributed by atoms with E-state index in [1.807, 2.05) is 19.9 Å². The van der Waals surface area contributed by atoms with Crippen LogP contribution in [0.1, 0.15) is 34.3 Å². The van der Waals surface area contributed by atoms with Gasteiger partial charge >= 0.3 is 5.97 Å². The number of methoxy groups -OCH3 is 1. The van der Waals surface area contributed by atoms with Crippen molar-refractivity contribution < 1.29 is 14.3 Å². The summed E-state index contributed by atoms with van der Waals surface area (Å²) in [6.45, 7) is 4.36. The molecule has 0 aliphatic carbocycles. The summed E-state index contributed by atoms with van der Waals surface area (Å²) in [7, 11) is 1.35. The third kappa shape index (κ3) is 2.48. The van der Waals surface area contributed by atoms with Gasteiger partial charge in [-0.15, -0.1) is 0 Å². The fourth-order valence-corrected chi connectivity index (χ4v) is 2.65. The SMILES string of the molecule is COC(=O)C1CCCN1C(=O)c1cc(N)c(C)cc1C. The van der Waals surface area contributed by atoms with Gasteiger partial charge in [-0.2, -0.15) is 0 Å². The molecule has 1 heterocycles. The number of rotatable bonds is 2. The second kappa shape index (κ2) is 5.53. The van der Waals surface area contributed by atoms with Crippen molar-refractivity contribution in [2.75, 3.05) is 19.4 Å². The second-order valence-electron chi connectivity index (χ2n) is 5.20. The minimum Gasteiger partial charge on any atom is -0.467 e. The van der Waals surface area contributed by atoms with E-state index in [-0.39, 0.29) is 11.9 Å². The molecule has 0 saturated carbocycles. The highest BCUT2D eigenvalue weighted by Gasteiger charge is 2.35. The Kier molecular flexibility index (Phi) is 3.97. The number of esters is 1. The summed E-state index contributed by atoms with van der Waals surface area (Å²) in [6.07, 6.45) is 1.46. The van der Waals surface area contributed by atoms with Crippen molar-refractivity contribution in [1.29, 1.82) is 0 Å². The van der Waals surface area contributed by atoms with E-state index in [1.54, 1.807) is 11.0 Å². The molecule has 1 amide bonds. The van der Waals surface area contributed by atoms with Crippen molar-refractivity contribution in [3.63, 3.8) is 0 Å². The van der Waals surface area contributed by atoms with Gasteiger partial charge in [-0.25, -0.2) is 4.79 Å². The lowest BCUT2D eigenvalue weighted by atomic mass is 10.0. The van der Waals surface area contributed by atoms with E-state index in [4.69, 9.17) is 10.5 Å². The summed E-state index contributed by atoms with van der Waals surface area (Å²) in [4.78, 5) is 25.9. The van der Waals surface area contributed by atoms with Gasteiger partial charge in [-0.3, -0.25) is 4.79 Å². The van der Waals surface area contributed by atoms with Gasteiger partial charge in [0, 0.05) is 17.8 Å². The summed E-state index contributed by atoms with van der Waals surface area (Å²) in [5.74, 6) is -0.504. The first-order valence-corrected chi connectivity index (χ1v) is 6.71. The van der Waals surface area contributed by atoms with Crippen LogP contribution in [0.4, 0.5) is 5.69 Å². The number of nitrogens with two attached hydrogens (primary N) is 1. The van der Waals surface area contributed by atoms with Crippen molar-refractivity contribution in [2.24, 2.45) is 0 Å². The molecule has 2 rings (SSSR count). The Hall–Kier alpha value is -2.04. The Morgan fingerprint density at radius 1 is 1.30 bits per heavy atom. The minimum atomic E-state index is -0.477. The number of anilines is 1. The Morgan fingerprint density at radius 3 is 2.65 bits per heavy atom. The Labute approximate surface area is 118 Å². The number of nitrogens with zero attached hydrogens (tertiary/aromatic N) is 1. The molecular weight excluding hydrogens is 256 g/mol. The molecule has 0 bridgehead atoms. The summed E-state index contributed by atoms with van der Waals surface area (Å²) < 4.78 is 4.77. The van der Waals surface area contributed by atoms with Crippen molar-refractivity contribution in [2.45, 2.75) is 32.7 Å². The van der Waals surface area contributed by atoms with Gasteiger partial charge in [0.1, 0.15) is 6.04 Å². The van der Waals surface area contributed by atoms with Crippen molar-refractivity contribution in [3.05, 3.63) is 28.8 Å². The zero-order valence-corrected chi connectivity index (χ0v) is 12.1. The fraction of sp³-hybridized carbons (Fsp3) is 0.467. The van der Waals surface area contributed by atoms with Crippen LogP contribution in [-0.2, 0) is 9.53 Å². The third-order valence-electron chi connectivity index (χ3n) is 3.83. The smallest absolute Gasteiger partial charge is 0.328 e. The number of aryl methyl sites for hydroxylation is 2. The number of ether oxygens (including phenoxy) is 1. The van der Waals surface area contributed by atoms with Crippen LogP contribution < -0.4 is 5.73 Å². The quantitative estimate of drug-likeness (QED) is 0.658. The summed E-state index contributed by atoms with van der Waals surface area (Å²) in [5, 5.41) is 0.